The standard InChI is InChI=1S/C12H18N2OS/c1-8-7-9(2)14-12(13-8)16-11-6-4-3-5-10(11)15/h7,10-11,15H,3-6H2,1-2H3/t10-,11-/m1/s1. The average molecular weight is 238 g/mol. The fraction of sp³-hybridized carbons (Fsp3) is 0.667. The van der Waals surface area contributed by atoms with E-state index in [9.17, 15) is 5.11 Å². The van der Waals surface area contributed by atoms with Gasteiger partial charge < -0.3 is 5.11 Å². The lowest BCUT2D eigenvalue weighted by Gasteiger charge is -2.26. The van der Waals surface area contributed by atoms with Gasteiger partial charge in [0.1, 0.15) is 0 Å². The van der Waals surface area contributed by atoms with E-state index in [0.717, 1.165) is 35.8 Å². The molecule has 0 spiro atoms. The van der Waals surface area contributed by atoms with Crippen LogP contribution in [-0.4, -0.2) is 26.4 Å². The van der Waals surface area contributed by atoms with Gasteiger partial charge in [-0.25, -0.2) is 9.97 Å². The molecule has 0 saturated heterocycles. The summed E-state index contributed by atoms with van der Waals surface area (Å²) in [7, 11) is 0. The predicted molar refractivity (Wildman–Crippen MR) is 65.6 cm³/mol. The summed E-state index contributed by atoms with van der Waals surface area (Å²) >= 11 is 1.63. The van der Waals surface area contributed by atoms with Gasteiger partial charge >= 0.3 is 0 Å². The van der Waals surface area contributed by atoms with Crippen LogP contribution >= 0.6 is 11.8 Å². The SMILES string of the molecule is Cc1cc(C)nc(S[C@@H]2CCCC[C@H]2O)n1. The summed E-state index contributed by atoms with van der Waals surface area (Å²) in [5.74, 6) is 0. The van der Waals surface area contributed by atoms with E-state index < -0.39 is 0 Å². The average Bonchev–Trinajstić information content (AvgIpc) is 2.20. The molecule has 1 fully saturated rings. The first-order chi connectivity index (χ1) is 7.65. The summed E-state index contributed by atoms with van der Waals surface area (Å²) in [5, 5.41) is 11.0. The molecular formula is C12H18N2OS. The fourth-order valence-corrected chi connectivity index (χ4v) is 3.34. The third kappa shape index (κ3) is 2.95. The van der Waals surface area contributed by atoms with Crippen molar-refractivity contribution in [3.63, 3.8) is 0 Å². The quantitative estimate of drug-likeness (QED) is 0.804. The van der Waals surface area contributed by atoms with Crippen LogP contribution in [0.3, 0.4) is 0 Å². The third-order valence-corrected chi connectivity index (χ3v) is 4.13. The van der Waals surface area contributed by atoms with Crippen LogP contribution in [0.4, 0.5) is 0 Å². The van der Waals surface area contributed by atoms with E-state index in [-0.39, 0.29) is 11.4 Å². The second-order valence-electron chi connectivity index (χ2n) is 4.44. The maximum absolute atomic E-state index is 9.89. The number of aliphatic hydroxyl groups excluding tert-OH is 1. The van der Waals surface area contributed by atoms with Crippen molar-refractivity contribution in [2.45, 2.75) is 56.0 Å². The first kappa shape index (κ1) is 11.9. The van der Waals surface area contributed by atoms with Gasteiger partial charge in [0.25, 0.3) is 0 Å². The topological polar surface area (TPSA) is 46.0 Å². The molecule has 0 aliphatic heterocycles. The van der Waals surface area contributed by atoms with Crippen molar-refractivity contribution in [1.29, 1.82) is 0 Å². The van der Waals surface area contributed by atoms with Crippen LogP contribution in [-0.2, 0) is 0 Å². The molecule has 4 heteroatoms. The second kappa shape index (κ2) is 5.15. The van der Waals surface area contributed by atoms with Crippen LogP contribution in [0, 0.1) is 13.8 Å². The van der Waals surface area contributed by atoms with Crippen molar-refractivity contribution in [1.82, 2.24) is 9.97 Å². The third-order valence-electron chi connectivity index (χ3n) is 2.89. The minimum absolute atomic E-state index is 0.192. The lowest BCUT2D eigenvalue weighted by molar-refractivity contribution is 0.137. The number of rotatable bonds is 2. The zero-order chi connectivity index (χ0) is 11.5. The molecule has 88 valence electrons. The smallest absolute Gasteiger partial charge is 0.188 e. The summed E-state index contributed by atoms with van der Waals surface area (Å²) < 4.78 is 0. The minimum atomic E-state index is -0.192. The van der Waals surface area contributed by atoms with Gasteiger partial charge in [0.2, 0.25) is 0 Å². The highest BCUT2D eigenvalue weighted by Gasteiger charge is 2.24. The molecule has 2 rings (SSSR count). The van der Waals surface area contributed by atoms with Crippen molar-refractivity contribution in [3.8, 4) is 0 Å². The molecule has 1 aromatic heterocycles. The van der Waals surface area contributed by atoms with Gasteiger partial charge in [-0.15, -0.1) is 0 Å². The minimum Gasteiger partial charge on any atom is -0.392 e. The number of hydrogen-bond acceptors (Lipinski definition) is 4. The van der Waals surface area contributed by atoms with Gasteiger partial charge in [-0.05, 0) is 32.8 Å². The maximum atomic E-state index is 9.89. The summed E-state index contributed by atoms with van der Waals surface area (Å²) in [5.41, 5.74) is 2.00. The van der Waals surface area contributed by atoms with Gasteiger partial charge in [-0.2, -0.15) is 0 Å². The molecule has 0 radical (unpaired) electrons. The van der Waals surface area contributed by atoms with E-state index in [1.165, 1.54) is 6.42 Å². The van der Waals surface area contributed by atoms with Crippen LogP contribution in [0.15, 0.2) is 11.2 Å². The lowest BCUT2D eigenvalue weighted by atomic mass is 9.97. The summed E-state index contributed by atoms with van der Waals surface area (Å²) in [6.07, 6.45) is 4.15. The van der Waals surface area contributed by atoms with Crippen molar-refractivity contribution in [3.05, 3.63) is 17.5 Å². The van der Waals surface area contributed by atoms with Gasteiger partial charge in [-0.3, -0.25) is 0 Å². The van der Waals surface area contributed by atoms with E-state index in [4.69, 9.17) is 0 Å². The Hall–Kier alpha value is -0.610. The molecule has 0 amide bonds. The molecule has 1 aromatic rings. The maximum Gasteiger partial charge on any atom is 0.188 e. The summed E-state index contributed by atoms with van der Waals surface area (Å²) in [6, 6.07) is 1.97. The van der Waals surface area contributed by atoms with Gasteiger partial charge in [0, 0.05) is 16.6 Å². The Balaban J connectivity index is 2.07. The van der Waals surface area contributed by atoms with Gasteiger partial charge in [0.05, 0.1) is 6.10 Å². The Labute approximate surface area is 101 Å². The van der Waals surface area contributed by atoms with Crippen LogP contribution in [0.1, 0.15) is 37.1 Å². The normalized spacial score (nSPS) is 25.7. The molecule has 1 heterocycles. The Morgan fingerprint density at radius 2 is 1.81 bits per heavy atom. The van der Waals surface area contributed by atoms with Crippen molar-refractivity contribution < 1.29 is 5.11 Å². The molecule has 1 saturated carbocycles. The number of aryl methyl sites for hydroxylation is 2. The zero-order valence-corrected chi connectivity index (χ0v) is 10.6. The Morgan fingerprint density at radius 1 is 1.19 bits per heavy atom. The fourth-order valence-electron chi connectivity index (χ4n) is 2.10. The summed E-state index contributed by atoms with van der Waals surface area (Å²) in [4.78, 5) is 8.81. The molecular weight excluding hydrogens is 220 g/mol. The molecule has 3 nitrogen and oxygen atoms in total. The van der Waals surface area contributed by atoms with E-state index in [2.05, 4.69) is 9.97 Å². The first-order valence-corrected chi connectivity index (χ1v) is 6.70. The zero-order valence-electron chi connectivity index (χ0n) is 9.81. The van der Waals surface area contributed by atoms with E-state index in [1.54, 1.807) is 11.8 Å². The molecule has 0 unspecified atom stereocenters. The van der Waals surface area contributed by atoms with Crippen LogP contribution in [0.5, 0.6) is 0 Å². The predicted octanol–water partition coefficient (Wildman–Crippen LogP) is 2.49. The van der Waals surface area contributed by atoms with Crippen molar-refractivity contribution >= 4 is 11.8 Å². The monoisotopic (exact) mass is 238 g/mol. The molecule has 16 heavy (non-hydrogen) atoms. The Kier molecular flexibility index (Phi) is 3.82. The molecule has 0 bridgehead atoms. The largest absolute Gasteiger partial charge is 0.392 e. The number of nitrogens with zero attached hydrogens (tertiary/aromatic N) is 2. The Morgan fingerprint density at radius 3 is 2.44 bits per heavy atom. The molecule has 1 aliphatic rings. The highest BCUT2D eigenvalue weighted by atomic mass is 32.2. The molecule has 1 aliphatic carbocycles. The van der Waals surface area contributed by atoms with Gasteiger partial charge in [-0.1, -0.05) is 24.6 Å². The molecule has 2 atom stereocenters. The number of aromatic nitrogens is 2. The van der Waals surface area contributed by atoms with E-state index in [1.807, 2.05) is 19.9 Å². The van der Waals surface area contributed by atoms with Gasteiger partial charge in [0.15, 0.2) is 5.16 Å². The number of hydrogen-bond donors (Lipinski definition) is 1. The summed E-state index contributed by atoms with van der Waals surface area (Å²) in [6.45, 7) is 3.96. The number of aliphatic hydroxyl groups is 1. The van der Waals surface area contributed by atoms with Crippen molar-refractivity contribution in [2.24, 2.45) is 0 Å². The number of thioether (sulfide) groups is 1. The van der Waals surface area contributed by atoms with Crippen LogP contribution < -0.4 is 0 Å². The highest BCUT2D eigenvalue weighted by molar-refractivity contribution is 7.99. The Bertz CT molecular complexity index is 350. The van der Waals surface area contributed by atoms with Crippen LogP contribution in [0.25, 0.3) is 0 Å². The lowest BCUT2D eigenvalue weighted by Crippen LogP contribution is -2.27. The van der Waals surface area contributed by atoms with Crippen LogP contribution in [0.2, 0.25) is 0 Å². The first-order valence-electron chi connectivity index (χ1n) is 5.82. The van der Waals surface area contributed by atoms with E-state index in [0.29, 0.717) is 0 Å². The second-order valence-corrected chi connectivity index (χ2v) is 5.65. The van der Waals surface area contributed by atoms with E-state index >= 15 is 0 Å². The molecule has 1 N–H and O–H groups in total. The highest BCUT2D eigenvalue weighted by Crippen LogP contribution is 2.32. The van der Waals surface area contributed by atoms with Crippen molar-refractivity contribution in [2.75, 3.05) is 0 Å². The molecule has 0 aromatic carbocycles.